The molecule has 110 valence electrons. The molecule has 0 bridgehead atoms. The summed E-state index contributed by atoms with van der Waals surface area (Å²) in [5.41, 5.74) is 2.46. The zero-order chi connectivity index (χ0) is 14.7. The van der Waals surface area contributed by atoms with Gasteiger partial charge in [-0.25, -0.2) is 0 Å². The van der Waals surface area contributed by atoms with Crippen molar-refractivity contribution in [3.8, 4) is 11.5 Å². The first-order valence-electron chi connectivity index (χ1n) is 7.08. The molecule has 0 aromatic heterocycles. The summed E-state index contributed by atoms with van der Waals surface area (Å²) >= 11 is 0. The van der Waals surface area contributed by atoms with Crippen LogP contribution in [-0.4, -0.2) is 34.0 Å². The van der Waals surface area contributed by atoms with Crippen LogP contribution >= 0.6 is 0 Å². The molecule has 2 aromatic rings. The van der Waals surface area contributed by atoms with Crippen molar-refractivity contribution in [1.29, 1.82) is 0 Å². The fourth-order valence-corrected chi connectivity index (χ4v) is 2.60. The van der Waals surface area contributed by atoms with Gasteiger partial charge in [0.2, 0.25) is 0 Å². The van der Waals surface area contributed by atoms with E-state index in [1.165, 1.54) is 11.4 Å². The summed E-state index contributed by atoms with van der Waals surface area (Å²) < 4.78 is 10.4. The molecule has 0 unspecified atom stereocenters. The van der Waals surface area contributed by atoms with Crippen LogP contribution in [-0.2, 0) is 0 Å². The number of anilines is 2. The summed E-state index contributed by atoms with van der Waals surface area (Å²) in [6.45, 7) is 2.95. The Labute approximate surface area is 125 Å². The van der Waals surface area contributed by atoms with Gasteiger partial charge in [-0.1, -0.05) is 0 Å². The largest absolute Gasteiger partial charge is 0.497 e. The van der Waals surface area contributed by atoms with Crippen molar-refractivity contribution in [2.24, 2.45) is 0 Å². The molecule has 0 spiro atoms. The Morgan fingerprint density at radius 3 is 1.38 bits per heavy atom. The maximum absolute atomic E-state index is 5.20. The molecule has 1 aliphatic rings. The standard InChI is InChI=1S/C17H20N2O2/c1-20-16-7-3-14(4-8-16)18-11-12-19(13-18)15-5-9-17(21-2)10-6-15/h3-10H,11-13H2,1-2H3. The van der Waals surface area contributed by atoms with Crippen molar-refractivity contribution in [1.82, 2.24) is 0 Å². The molecule has 2 aromatic carbocycles. The van der Waals surface area contributed by atoms with Crippen molar-refractivity contribution in [3.63, 3.8) is 0 Å². The lowest BCUT2D eigenvalue weighted by Crippen LogP contribution is -2.24. The average Bonchev–Trinajstić information content (AvgIpc) is 3.05. The highest BCUT2D eigenvalue weighted by molar-refractivity contribution is 5.56. The molecular formula is C17H20N2O2. The smallest absolute Gasteiger partial charge is 0.119 e. The zero-order valence-electron chi connectivity index (χ0n) is 12.5. The second-order valence-electron chi connectivity index (χ2n) is 5.06. The first-order chi connectivity index (χ1) is 10.3. The van der Waals surface area contributed by atoms with Crippen LogP contribution in [0.15, 0.2) is 48.5 Å². The number of benzene rings is 2. The summed E-state index contributed by atoms with van der Waals surface area (Å²) in [6, 6.07) is 16.5. The van der Waals surface area contributed by atoms with E-state index in [1.807, 2.05) is 24.3 Å². The summed E-state index contributed by atoms with van der Waals surface area (Å²) in [4.78, 5) is 4.73. The summed E-state index contributed by atoms with van der Waals surface area (Å²) in [7, 11) is 3.38. The minimum absolute atomic E-state index is 0.893. The predicted octanol–water partition coefficient (Wildman–Crippen LogP) is 2.99. The lowest BCUT2D eigenvalue weighted by Gasteiger charge is -2.21. The molecule has 0 radical (unpaired) electrons. The first-order valence-corrected chi connectivity index (χ1v) is 7.08. The van der Waals surface area contributed by atoms with Crippen LogP contribution in [0.2, 0.25) is 0 Å². The van der Waals surface area contributed by atoms with E-state index in [9.17, 15) is 0 Å². The van der Waals surface area contributed by atoms with Gasteiger partial charge < -0.3 is 19.3 Å². The molecule has 4 nitrogen and oxygen atoms in total. The van der Waals surface area contributed by atoms with Gasteiger partial charge in [0.05, 0.1) is 20.9 Å². The maximum atomic E-state index is 5.20. The number of hydrogen-bond acceptors (Lipinski definition) is 4. The molecule has 0 atom stereocenters. The molecule has 21 heavy (non-hydrogen) atoms. The molecule has 0 amide bonds. The third kappa shape index (κ3) is 2.89. The Balaban J connectivity index is 1.68. The zero-order valence-corrected chi connectivity index (χ0v) is 12.5. The lowest BCUT2D eigenvalue weighted by molar-refractivity contribution is 0.414. The minimum atomic E-state index is 0.893. The Hall–Kier alpha value is -2.36. The van der Waals surface area contributed by atoms with Gasteiger partial charge in [-0.3, -0.25) is 0 Å². The third-order valence-electron chi connectivity index (χ3n) is 3.86. The minimum Gasteiger partial charge on any atom is -0.497 e. The van der Waals surface area contributed by atoms with Crippen LogP contribution in [0, 0.1) is 0 Å². The number of methoxy groups -OCH3 is 2. The third-order valence-corrected chi connectivity index (χ3v) is 3.86. The van der Waals surface area contributed by atoms with Crippen molar-refractivity contribution in [3.05, 3.63) is 48.5 Å². The Kier molecular flexibility index (Phi) is 3.86. The van der Waals surface area contributed by atoms with Gasteiger partial charge in [0, 0.05) is 24.5 Å². The fraction of sp³-hybridized carbons (Fsp3) is 0.294. The van der Waals surface area contributed by atoms with E-state index >= 15 is 0 Å². The highest BCUT2D eigenvalue weighted by atomic mass is 16.5. The Morgan fingerprint density at radius 1 is 0.667 bits per heavy atom. The summed E-state index contributed by atoms with van der Waals surface area (Å²) in [6.07, 6.45) is 0. The Bertz CT molecular complexity index is 527. The van der Waals surface area contributed by atoms with E-state index < -0.39 is 0 Å². The summed E-state index contributed by atoms with van der Waals surface area (Å²) in [5, 5.41) is 0. The molecule has 0 N–H and O–H groups in total. The normalized spacial score (nSPS) is 14.4. The van der Waals surface area contributed by atoms with E-state index in [4.69, 9.17) is 9.47 Å². The van der Waals surface area contributed by atoms with Crippen LogP contribution in [0.4, 0.5) is 11.4 Å². The molecule has 3 rings (SSSR count). The molecule has 1 fully saturated rings. The number of rotatable bonds is 4. The number of nitrogens with zero attached hydrogens (tertiary/aromatic N) is 2. The molecule has 1 saturated heterocycles. The van der Waals surface area contributed by atoms with Crippen molar-refractivity contribution < 1.29 is 9.47 Å². The monoisotopic (exact) mass is 284 g/mol. The highest BCUT2D eigenvalue weighted by Gasteiger charge is 2.20. The highest BCUT2D eigenvalue weighted by Crippen LogP contribution is 2.26. The van der Waals surface area contributed by atoms with Gasteiger partial charge in [-0.05, 0) is 48.5 Å². The van der Waals surface area contributed by atoms with Gasteiger partial charge in [0.25, 0.3) is 0 Å². The van der Waals surface area contributed by atoms with E-state index in [0.29, 0.717) is 0 Å². The van der Waals surface area contributed by atoms with Crippen molar-refractivity contribution in [2.75, 3.05) is 43.8 Å². The van der Waals surface area contributed by atoms with Crippen molar-refractivity contribution in [2.45, 2.75) is 0 Å². The van der Waals surface area contributed by atoms with Crippen LogP contribution in [0.25, 0.3) is 0 Å². The molecule has 4 heteroatoms. The quantitative estimate of drug-likeness (QED) is 0.861. The van der Waals surface area contributed by atoms with Gasteiger partial charge in [-0.15, -0.1) is 0 Å². The number of ether oxygens (including phenoxy) is 2. The van der Waals surface area contributed by atoms with Crippen LogP contribution in [0.5, 0.6) is 11.5 Å². The maximum Gasteiger partial charge on any atom is 0.119 e. The first kappa shape index (κ1) is 13.6. The van der Waals surface area contributed by atoms with Crippen LogP contribution in [0.3, 0.4) is 0 Å². The molecule has 1 aliphatic heterocycles. The molecule has 0 saturated carbocycles. The molecular weight excluding hydrogens is 264 g/mol. The van der Waals surface area contributed by atoms with Crippen LogP contribution in [0.1, 0.15) is 0 Å². The van der Waals surface area contributed by atoms with Gasteiger partial charge in [0.15, 0.2) is 0 Å². The summed E-state index contributed by atoms with van der Waals surface area (Å²) in [5.74, 6) is 1.79. The van der Waals surface area contributed by atoms with Crippen LogP contribution < -0.4 is 19.3 Å². The van der Waals surface area contributed by atoms with E-state index in [-0.39, 0.29) is 0 Å². The van der Waals surface area contributed by atoms with E-state index in [1.54, 1.807) is 14.2 Å². The van der Waals surface area contributed by atoms with E-state index in [2.05, 4.69) is 34.1 Å². The van der Waals surface area contributed by atoms with Gasteiger partial charge in [-0.2, -0.15) is 0 Å². The fourth-order valence-electron chi connectivity index (χ4n) is 2.60. The second kappa shape index (κ2) is 5.95. The predicted molar refractivity (Wildman–Crippen MR) is 85.5 cm³/mol. The Morgan fingerprint density at radius 2 is 1.05 bits per heavy atom. The topological polar surface area (TPSA) is 24.9 Å². The van der Waals surface area contributed by atoms with Gasteiger partial charge >= 0.3 is 0 Å². The molecule has 1 heterocycles. The SMILES string of the molecule is COc1ccc(N2CCN(c3ccc(OC)cc3)C2)cc1. The lowest BCUT2D eigenvalue weighted by atomic mass is 10.3. The number of hydrogen-bond donors (Lipinski definition) is 0. The average molecular weight is 284 g/mol. The van der Waals surface area contributed by atoms with Crippen molar-refractivity contribution >= 4 is 11.4 Å². The second-order valence-corrected chi connectivity index (χ2v) is 5.06. The van der Waals surface area contributed by atoms with Gasteiger partial charge in [0.1, 0.15) is 11.5 Å². The molecule has 0 aliphatic carbocycles. The van der Waals surface area contributed by atoms with E-state index in [0.717, 1.165) is 31.3 Å².